The number of nitrogens with zero attached hydrogens (tertiary/aromatic N) is 4. The van der Waals surface area contributed by atoms with Crippen molar-refractivity contribution in [2.24, 2.45) is 5.11 Å². The molecule has 0 saturated carbocycles. The van der Waals surface area contributed by atoms with Crippen molar-refractivity contribution < 1.29 is 4.92 Å². The first-order valence-corrected chi connectivity index (χ1v) is 4.69. The minimum Gasteiger partial charge on any atom is -0.322 e. The van der Waals surface area contributed by atoms with Crippen molar-refractivity contribution in [3.05, 3.63) is 54.8 Å². The van der Waals surface area contributed by atoms with Crippen LogP contribution < -0.4 is 5.56 Å². The number of aromatic nitrogens is 1. The molecular weight excluding hydrogens is 226 g/mol. The zero-order valence-electron chi connectivity index (χ0n) is 8.74. The van der Waals surface area contributed by atoms with Crippen LogP contribution in [0.15, 0.2) is 28.2 Å². The van der Waals surface area contributed by atoms with E-state index in [1.165, 1.54) is 12.1 Å². The highest BCUT2D eigenvalue weighted by atomic mass is 16.6. The van der Waals surface area contributed by atoms with Crippen LogP contribution in [0.25, 0.3) is 16.5 Å². The van der Waals surface area contributed by atoms with Gasteiger partial charge in [-0.05, 0) is 12.0 Å². The summed E-state index contributed by atoms with van der Waals surface area (Å²) in [6, 6.07) is 1.18. The number of nitro groups is 1. The van der Waals surface area contributed by atoms with Gasteiger partial charge in [-0.3, -0.25) is 14.9 Å². The third kappa shape index (κ3) is 3.80. The van der Waals surface area contributed by atoms with Crippen LogP contribution in [-0.4, -0.2) is 16.5 Å². The molecule has 8 heteroatoms. The van der Waals surface area contributed by atoms with Gasteiger partial charge < -0.3 is 4.98 Å². The molecule has 0 unspecified atom stereocenters. The molecule has 0 aliphatic rings. The van der Waals surface area contributed by atoms with E-state index in [4.69, 9.17) is 5.53 Å². The number of hydrogen-bond donors (Lipinski definition) is 1. The minimum absolute atomic E-state index is 0.181. The van der Waals surface area contributed by atoms with Crippen molar-refractivity contribution in [2.75, 3.05) is 6.54 Å². The lowest BCUT2D eigenvalue weighted by molar-refractivity contribution is -0.385. The Bertz CT molecular complexity index is 542. The Labute approximate surface area is 95.4 Å². The summed E-state index contributed by atoms with van der Waals surface area (Å²) in [7, 11) is 0. The van der Waals surface area contributed by atoms with Gasteiger partial charge in [0.15, 0.2) is 0 Å². The van der Waals surface area contributed by atoms with Gasteiger partial charge in [-0.15, -0.1) is 0 Å². The van der Waals surface area contributed by atoms with Crippen molar-refractivity contribution >= 4 is 11.8 Å². The molecule has 1 aromatic rings. The maximum Gasteiger partial charge on any atom is 0.286 e. The third-order valence-corrected chi connectivity index (χ3v) is 1.88. The molecule has 1 heterocycles. The number of hydrogen-bond acceptors (Lipinski definition) is 4. The Morgan fingerprint density at radius 3 is 3.06 bits per heavy atom. The monoisotopic (exact) mass is 235 g/mol. The zero-order chi connectivity index (χ0) is 12.7. The van der Waals surface area contributed by atoms with Gasteiger partial charge in [-0.2, -0.15) is 0 Å². The maximum atomic E-state index is 11.3. The lowest BCUT2D eigenvalue weighted by Gasteiger charge is -1.93. The molecule has 1 rings (SSSR count). The number of aromatic amines is 1. The van der Waals surface area contributed by atoms with Gasteiger partial charge in [-0.25, -0.2) is 0 Å². The number of nitrogens with one attached hydrogen (secondary N) is 1. The first-order chi connectivity index (χ1) is 8.15. The average Bonchev–Trinajstić information content (AvgIpc) is 2.30. The van der Waals surface area contributed by atoms with Crippen LogP contribution in [0.1, 0.15) is 12.0 Å². The quantitative estimate of drug-likeness (QED) is 0.209. The molecule has 8 nitrogen and oxygen atoms in total. The fourth-order valence-corrected chi connectivity index (χ4v) is 1.11. The van der Waals surface area contributed by atoms with Gasteiger partial charge in [0, 0.05) is 23.1 Å². The fraction of sp³-hybridized carbons (Fsp3) is 0.222. The van der Waals surface area contributed by atoms with E-state index in [0.29, 0.717) is 6.42 Å². The summed E-state index contributed by atoms with van der Waals surface area (Å²) in [5.74, 6) is 0. The summed E-state index contributed by atoms with van der Waals surface area (Å²) < 4.78 is 0. The average molecular weight is 235 g/mol. The van der Waals surface area contributed by atoms with Crippen LogP contribution in [-0.2, 0) is 0 Å². The first kappa shape index (κ1) is 12.5. The Morgan fingerprint density at radius 1 is 1.65 bits per heavy atom. The Kier molecular flexibility index (Phi) is 4.46. The molecule has 0 aliphatic carbocycles. The van der Waals surface area contributed by atoms with Gasteiger partial charge in [0.2, 0.25) is 0 Å². The highest BCUT2D eigenvalue weighted by Gasteiger charge is 2.07. The van der Waals surface area contributed by atoms with Crippen molar-refractivity contribution in [2.45, 2.75) is 6.42 Å². The summed E-state index contributed by atoms with van der Waals surface area (Å²) in [4.78, 5) is 26.0. The molecule has 0 aliphatic heterocycles. The number of rotatable bonds is 5. The van der Waals surface area contributed by atoms with E-state index in [-0.39, 0.29) is 17.8 Å². The molecular formula is C9H9N5O3. The van der Waals surface area contributed by atoms with E-state index in [2.05, 4.69) is 15.0 Å². The van der Waals surface area contributed by atoms with Crippen LogP contribution in [0.5, 0.6) is 0 Å². The molecule has 0 atom stereocenters. The summed E-state index contributed by atoms with van der Waals surface area (Å²) >= 11 is 0. The minimum atomic E-state index is -0.590. The van der Waals surface area contributed by atoms with E-state index in [9.17, 15) is 14.9 Å². The van der Waals surface area contributed by atoms with E-state index in [0.717, 1.165) is 6.20 Å². The number of H-pyrrole nitrogens is 1. The Morgan fingerprint density at radius 2 is 2.41 bits per heavy atom. The second kappa shape index (κ2) is 6.09. The van der Waals surface area contributed by atoms with Gasteiger partial charge in [0.25, 0.3) is 11.2 Å². The van der Waals surface area contributed by atoms with Gasteiger partial charge >= 0.3 is 0 Å². The highest BCUT2D eigenvalue weighted by Crippen LogP contribution is 2.09. The predicted octanol–water partition coefficient (Wildman–Crippen LogP) is 2.00. The molecule has 0 spiro atoms. The molecule has 88 valence electrons. The molecule has 0 saturated heterocycles. The van der Waals surface area contributed by atoms with Gasteiger partial charge in [0.05, 0.1) is 11.1 Å². The summed E-state index contributed by atoms with van der Waals surface area (Å²) in [6.45, 7) is 0.278. The van der Waals surface area contributed by atoms with Crippen molar-refractivity contribution in [1.29, 1.82) is 0 Å². The normalized spacial score (nSPS) is 10.1. The molecule has 1 aromatic heterocycles. The van der Waals surface area contributed by atoms with E-state index >= 15 is 0 Å². The summed E-state index contributed by atoms with van der Waals surface area (Å²) in [5, 5.41) is 13.8. The smallest absolute Gasteiger partial charge is 0.286 e. The van der Waals surface area contributed by atoms with Crippen LogP contribution in [0.3, 0.4) is 0 Å². The second-order valence-electron chi connectivity index (χ2n) is 3.04. The largest absolute Gasteiger partial charge is 0.322 e. The van der Waals surface area contributed by atoms with Crippen LogP contribution in [0, 0.1) is 10.1 Å². The predicted molar refractivity (Wildman–Crippen MR) is 61.4 cm³/mol. The molecule has 0 bridgehead atoms. The lowest BCUT2D eigenvalue weighted by Crippen LogP contribution is -2.09. The van der Waals surface area contributed by atoms with Crippen molar-refractivity contribution in [3.63, 3.8) is 0 Å². The first-order valence-electron chi connectivity index (χ1n) is 4.69. The molecule has 0 amide bonds. The van der Waals surface area contributed by atoms with Crippen molar-refractivity contribution in [3.8, 4) is 0 Å². The zero-order valence-corrected chi connectivity index (χ0v) is 8.74. The molecule has 0 radical (unpaired) electrons. The fourth-order valence-electron chi connectivity index (χ4n) is 1.11. The Hall–Kier alpha value is -2.60. The molecule has 0 fully saturated rings. The second-order valence-corrected chi connectivity index (χ2v) is 3.04. The van der Waals surface area contributed by atoms with Crippen LogP contribution in [0.4, 0.5) is 5.69 Å². The summed E-state index contributed by atoms with van der Waals surface area (Å²) in [6.07, 6.45) is 4.58. The summed E-state index contributed by atoms with van der Waals surface area (Å²) in [5.41, 5.74) is 7.64. The molecule has 17 heavy (non-hydrogen) atoms. The van der Waals surface area contributed by atoms with Gasteiger partial charge in [-0.1, -0.05) is 17.3 Å². The molecule has 1 N–H and O–H groups in total. The standard InChI is InChI=1S/C9H9N5O3/c10-13-12-4-2-1-3-7-5-8(14(16)17)6-11-9(7)15/h1,3,5-6H,2,4H2,(H,11,15). The number of azide groups is 1. The van der Waals surface area contributed by atoms with Crippen LogP contribution >= 0.6 is 0 Å². The van der Waals surface area contributed by atoms with E-state index in [1.807, 2.05) is 0 Å². The lowest BCUT2D eigenvalue weighted by atomic mass is 10.2. The van der Waals surface area contributed by atoms with Crippen LogP contribution in [0.2, 0.25) is 0 Å². The third-order valence-electron chi connectivity index (χ3n) is 1.88. The Balaban J connectivity index is 2.82. The van der Waals surface area contributed by atoms with Gasteiger partial charge in [0.1, 0.15) is 0 Å². The van der Waals surface area contributed by atoms with E-state index in [1.54, 1.807) is 6.08 Å². The SMILES string of the molecule is [N-]=[N+]=NCCC=Cc1cc([N+](=O)[O-])c[nH]c1=O. The van der Waals surface area contributed by atoms with Crippen molar-refractivity contribution in [1.82, 2.24) is 4.98 Å². The topological polar surface area (TPSA) is 125 Å². The maximum absolute atomic E-state index is 11.3. The molecule has 0 aromatic carbocycles. The highest BCUT2D eigenvalue weighted by molar-refractivity contribution is 5.51. The van der Waals surface area contributed by atoms with E-state index < -0.39 is 10.5 Å². The number of pyridine rings is 1.